The van der Waals surface area contributed by atoms with Crippen molar-refractivity contribution in [3.05, 3.63) is 19.0 Å². The zero-order valence-electron chi connectivity index (χ0n) is 12.2. The van der Waals surface area contributed by atoms with Crippen molar-refractivity contribution in [1.82, 2.24) is 19.5 Å². The number of nitrogens with zero attached hydrogens (tertiary/aromatic N) is 4. The zero-order valence-corrected chi connectivity index (χ0v) is 12.2. The summed E-state index contributed by atoms with van der Waals surface area (Å²) in [6, 6.07) is 0. The lowest BCUT2D eigenvalue weighted by molar-refractivity contribution is -0.0501. The van der Waals surface area contributed by atoms with Crippen LogP contribution in [-0.2, 0) is 4.74 Å². The number of aliphatic hydroxyl groups excluding tert-OH is 3. The van der Waals surface area contributed by atoms with Crippen LogP contribution < -0.4 is 11.1 Å². The number of nitrogen functional groups attached to an aromatic ring is 1. The molecule has 1 fully saturated rings. The fourth-order valence-electron chi connectivity index (χ4n) is 2.55. The Balaban J connectivity index is 2.11. The molecule has 0 spiro atoms. The smallest absolute Gasteiger partial charge is 0.207 e. The van der Waals surface area contributed by atoms with E-state index in [1.54, 1.807) is 6.08 Å². The third-order valence-electron chi connectivity index (χ3n) is 3.68. The van der Waals surface area contributed by atoms with Gasteiger partial charge in [0.05, 0.1) is 6.61 Å². The number of nitrogens with one attached hydrogen (secondary N) is 1. The number of nitrogens with two attached hydrogens (primary N) is 1. The van der Waals surface area contributed by atoms with Crippen molar-refractivity contribution in [3.8, 4) is 0 Å². The quantitative estimate of drug-likeness (QED) is 0.419. The van der Waals surface area contributed by atoms with Gasteiger partial charge >= 0.3 is 0 Å². The molecule has 10 nitrogen and oxygen atoms in total. The second-order valence-electron chi connectivity index (χ2n) is 5.13. The van der Waals surface area contributed by atoms with E-state index in [0.717, 1.165) is 0 Å². The third-order valence-corrected chi connectivity index (χ3v) is 3.68. The fraction of sp³-hybridized carbons (Fsp3) is 0.462. The molecule has 2 aromatic rings. The molecule has 0 bridgehead atoms. The van der Waals surface area contributed by atoms with Crippen LogP contribution in [0.4, 0.5) is 11.8 Å². The molecule has 0 aliphatic carbocycles. The van der Waals surface area contributed by atoms with E-state index < -0.39 is 31.1 Å². The van der Waals surface area contributed by atoms with E-state index in [1.165, 1.54) is 10.9 Å². The second kappa shape index (κ2) is 6.08. The van der Waals surface area contributed by atoms with Crippen LogP contribution in [0.2, 0.25) is 0 Å². The predicted octanol–water partition coefficient (Wildman–Crippen LogP) is -1.38. The average Bonchev–Trinajstić information content (AvgIpc) is 3.05. The number of rotatable bonds is 5. The highest BCUT2D eigenvalue weighted by Crippen LogP contribution is 2.34. The Morgan fingerprint density at radius 2 is 2.17 bits per heavy atom. The van der Waals surface area contributed by atoms with Crippen LogP contribution in [0.1, 0.15) is 6.23 Å². The highest BCUT2D eigenvalue weighted by molar-refractivity contribution is 5.84. The lowest BCUT2D eigenvalue weighted by Gasteiger charge is -2.19. The Morgan fingerprint density at radius 3 is 2.83 bits per heavy atom. The molecule has 4 atom stereocenters. The zero-order chi connectivity index (χ0) is 16.6. The van der Waals surface area contributed by atoms with E-state index in [2.05, 4.69) is 26.8 Å². The van der Waals surface area contributed by atoms with Gasteiger partial charge in [0, 0.05) is 6.54 Å². The van der Waals surface area contributed by atoms with Gasteiger partial charge in [-0.25, -0.2) is 15.0 Å². The van der Waals surface area contributed by atoms with Crippen molar-refractivity contribution in [2.24, 2.45) is 0 Å². The summed E-state index contributed by atoms with van der Waals surface area (Å²) in [6.45, 7) is 3.61. The second-order valence-corrected chi connectivity index (χ2v) is 5.13. The van der Waals surface area contributed by atoms with E-state index >= 15 is 0 Å². The maximum atomic E-state index is 10.3. The molecule has 2 unspecified atom stereocenters. The Hall–Kier alpha value is -2.27. The lowest BCUT2D eigenvalue weighted by Crippen LogP contribution is -2.33. The van der Waals surface area contributed by atoms with Crippen molar-refractivity contribution >= 4 is 22.9 Å². The van der Waals surface area contributed by atoms with Crippen molar-refractivity contribution < 1.29 is 20.1 Å². The first-order chi connectivity index (χ1) is 11.1. The first-order valence-corrected chi connectivity index (χ1v) is 7.04. The van der Waals surface area contributed by atoms with E-state index in [4.69, 9.17) is 10.5 Å². The molecule has 0 radical (unpaired) electrons. The minimum atomic E-state index is -1.26. The molecular formula is C13H18N6O4. The van der Waals surface area contributed by atoms with Crippen molar-refractivity contribution in [1.29, 1.82) is 0 Å². The Kier molecular flexibility index (Phi) is 4.13. The van der Waals surface area contributed by atoms with E-state index in [0.29, 0.717) is 23.7 Å². The van der Waals surface area contributed by atoms with Crippen LogP contribution in [0.25, 0.3) is 11.2 Å². The van der Waals surface area contributed by atoms with Crippen molar-refractivity contribution in [3.63, 3.8) is 0 Å². The monoisotopic (exact) mass is 322 g/mol. The molecule has 124 valence electrons. The van der Waals surface area contributed by atoms with Crippen LogP contribution in [0, 0.1) is 0 Å². The molecule has 6 N–H and O–H groups in total. The summed E-state index contributed by atoms with van der Waals surface area (Å²) in [4.78, 5) is 12.3. The summed E-state index contributed by atoms with van der Waals surface area (Å²) in [5, 5.41) is 32.5. The topological polar surface area (TPSA) is 152 Å². The van der Waals surface area contributed by atoms with Crippen LogP contribution in [0.5, 0.6) is 0 Å². The molecule has 0 aromatic carbocycles. The van der Waals surface area contributed by atoms with Gasteiger partial charge in [0.15, 0.2) is 23.2 Å². The molecule has 1 saturated heterocycles. The number of anilines is 2. The number of aliphatic hydroxyl groups is 3. The molecular weight excluding hydrogens is 304 g/mol. The third kappa shape index (κ3) is 2.51. The Morgan fingerprint density at radius 1 is 1.39 bits per heavy atom. The molecule has 0 amide bonds. The highest BCUT2D eigenvalue weighted by Gasteiger charge is 2.45. The minimum Gasteiger partial charge on any atom is -0.394 e. The largest absolute Gasteiger partial charge is 0.394 e. The maximum Gasteiger partial charge on any atom is 0.207 e. The maximum absolute atomic E-state index is 10.3. The minimum absolute atomic E-state index is 0.183. The summed E-state index contributed by atoms with van der Waals surface area (Å²) in [5.74, 6) is 0.518. The fourth-order valence-corrected chi connectivity index (χ4v) is 2.55. The molecule has 10 heteroatoms. The molecule has 1 aliphatic heterocycles. The first-order valence-electron chi connectivity index (χ1n) is 7.04. The SMILES string of the molecule is C=CCNc1nc2c(N)ncnc2n1[C@@H]1O[C@H](CO)C(O)C1O. The summed E-state index contributed by atoms with van der Waals surface area (Å²) in [6.07, 6.45) is -1.46. The predicted molar refractivity (Wildman–Crippen MR) is 81.4 cm³/mol. The molecule has 3 heterocycles. The van der Waals surface area contributed by atoms with E-state index in [9.17, 15) is 15.3 Å². The van der Waals surface area contributed by atoms with Crippen molar-refractivity contribution in [2.75, 3.05) is 24.2 Å². The number of aromatic nitrogens is 4. The molecule has 23 heavy (non-hydrogen) atoms. The van der Waals surface area contributed by atoms with Gasteiger partial charge in [-0.05, 0) is 0 Å². The van der Waals surface area contributed by atoms with Gasteiger partial charge in [-0.2, -0.15) is 0 Å². The van der Waals surface area contributed by atoms with E-state index in [1.807, 2.05) is 0 Å². The summed E-state index contributed by atoms with van der Waals surface area (Å²) in [7, 11) is 0. The van der Waals surface area contributed by atoms with E-state index in [-0.39, 0.29) is 5.82 Å². The van der Waals surface area contributed by atoms with Gasteiger partial charge in [0.2, 0.25) is 5.95 Å². The first kappa shape index (κ1) is 15.6. The molecule has 2 aromatic heterocycles. The normalized spacial score (nSPS) is 27.4. The summed E-state index contributed by atoms with van der Waals surface area (Å²) < 4.78 is 7.04. The lowest BCUT2D eigenvalue weighted by atomic mass is 10.1. The number of ether oxygens (including phenoxy) is 1. The number of hydrogen-bond acceptors (Lipinski definition) is 9. The standard InChI is InChI=1S/C13H18N6O4/c1-2-3-15-13-18-7-10(14)16-5-17-11(7)19(13)12-9(22)8(21)6(4-20)23-12/h2,5-6,8-9,12,20-22H,1,3-4H2,(H,15,18)(H2,14,16,17)/t6-,8?,9?,12-/m1/s1. The Labute approximate surface area is 131 Å². The summed E-state index contributed by atoms with van der Waals surface area (Å²) >= 11 is 0. The van der Waals surface area contributed by atoms with Crippen LogP contribution in [-0.4, -0.2) is 66.3 Å². The molecule has 3 rings (SSSR count). The van der Waals surface area contributed by atoms with Crippen molar-refractivity contribution in [2.45, 2.75) is 24.5 Å². The van der Waals surface area contributed by atoms with Crippen LogP contribution in [0.3, 0.4) is 0 Å². The Bertz CT molecular complexity index is 720. The average molecular weight is 322 g/mol. The molecule has 0 saturated carbocycles. The summed E-state index contributed by atoms with van der Waals surface area (Å²) in [5.41, 5.74) is 6.50. The van der Waals surface area contributed by atoms with Gasteiger partial charge in [-0.15, -0.1) is 6.58 Å². The van der Waals surface area contributed by atoms with Gasteiger partial charge in [-0.1, -0.05) is 6.08 Å². The van der Waals surface area contributed by atoms with Crippen LogP contribution >= 0.6 is 0 Å². The number of fused-ring (bicyclic) bond motifs is 1. The van der Waals surface area contributed by atoms with Gasteiger partial charge < -0.3 is 31.1 Å². The van der Waals surface area contributed by atoms with Gasteiger partial charge in [-0.3, -0.25) is 4.57 Å². The number of hydrogen-bond donors (Lipinski definition) is 5. The highest BCUT2D eigenvalue weighted by atomic mass is 16.6. The number of imidazole rings is 1. The van der Waals surface area contributed by atoms with Gasteiger partial charge in [0.1, 0.15) is 24.6 Å². The van der Waals surface area contributed by atoms with Gasteiger partial charge in [0.25, 0.3) is 0 Å². The van der Waals surface area contributed by atoms with Crippen LogP contribution in [0.15, 0.2) is 19.0 Å². The molecule has 1 aliphatic rings.